The van der Waals surface area contributed by atoms with Crippen LogP contribution >= 0.6 is 11.3 Å². The van der Waals surface area contributed by atoms with Gasteiger partial charge in [0.05, 0.1) is 24.0 Å². The highest BCUT2D eigenvalue weighted by molar-refractivity contribution is 7.09. The molecule has 1 aromatic heterocycles. The molecule has 0 unspecified atom stereocenters. The number of hydrogen-bond acceptors (Lipinski definition) is 5. The van der Waals surface area contributed by atoms with E-state index in [1.807, 2.05) is 6.92 Å². The summed E-state index contributed by atoms with van der Waals surface area (Å²) >= 11 is 1.49. The van der Waals surface area contributed by atoms with Gasteiger partial charge in [0.25, 0.3) is 0 Å². The maximum Gasteiger partial charge on any atom is 0.314 e. The number of thiazole rings is 1. The third-order valence-electron chi connectivity index (χ3n) is 2.21. The molecule has 0 radical (unpaired) electrons. The molecule has 0 aliphatic carbocycles. The minimum Gasteiger partial charge on any atom is -0.393 e. The normalized spacial score (nSPS) is 18.4. The lowest BCUT2D eigenvalue weighted by atomic mass is 9.97. The number of esters is 2. The molecule has 0 amide bonds. The van der Waals surface area contributed by atoms with Crippen molar-refractivity contribution in [3.8, 4) is 0 Å². The van der Waals surface area contributed by atoms with Crippen LogP contribution in [0.1, 0.15) is 29.3 Å². The van der Waals surface area contributed by atoms with Gasteiger partial charge in [-0.2, -0.15) is 0 Å². The van der Waals surface area contributed by atoms with Crippen LogP contribution in [0.3, 0.4) is 0 Å². The zero-order valence-corrected chi connectivity index (χ0v) is 8.47. The average molecular weight is 211 g/mol. The topological polar surface area (TPSA) is 56.3 Å². The molecule has 5 heteroatoms. The van der Waals surface area contributed by atoms with Gasteiger partial charge in [-0.15, -0.1) is 11.3 Å². The highest BCUT2D eigenvalue weighted by atomic mass is 32.1. The Morgan fingerprint density at radius 1 is 1.43 bits per heavy atom. The number of ether oxygens (including phenoxy) is 1. The Morgan fingerprint density at radius 2 is 2.07 bits per heavy atom. The van der Waals surface area contributed by atoms with E-state index in [0.717, 1.165) is 10.6 Å². The van der Waals surface area contributed by atoms with E-state index >= 15 is 0 Å². The van der Waals surface area contributed by atoms with Crippen LogP contribution in [-0.4, -0.2) is 16.9 Å². The molecule has 1 saturated heterocycles. The number of carbonyl (C=O) groups is 2. The lowest BCUT2D eigenvalue weighted by Crippen LogP contribution is -2.24. The molecular formula is C9H9NO3S. The van der Waals surface area contributed by atoms with Crippen LogP contribution in [0.25, 0.3) is 0 Å². The van der Waals surface area contributed by atoms with Crippen LogP contribution in [0.4, 0.5) is 0 Å². The lowest BCUT2D eigenvalue weighted by molar-refractivity contribution is -0.163. The summed E-state index contributed by atoms with van der Waals surface area (Å²) in [5.41, 5.74) is 2.64. The van der Waals surface area contributed by atoms with Crippen molar-refractivity contribution in [1.29, 1.82) is 0 Å². The van der Waals surface area contributed by atoms with Crippen molar-refractivity contribution in [2.24, 2.45) is 0 Å². The van der Waals surface area contributed by atoms with E-state index in [4.69, 9.17) is 0 Å². The summed E-state index contributed by atoms with van der Waals surface area (Å²) in [7, 11) is 0. The van der Waals surface area contributed by atoms with E-state index in [1.54, 1.807) is 5.51 Å². The zero-order valence-electron chi connectivity index (χ0n) is 7.65. The number of hydrogen-bond donors (Lipinski definition) is 0. The Labute approximate surface area is 84.9 Å². The molecule has 14 heavy (non-hydrogen) atoms. The molecule has 0 saturated carbocycles. The first kappa shape index (κ1) is 9.33. The van der Waals surface area contributed by atoms with E-state index in [9.17, 15) is 9.59 Å². The van der Waals surface area contributed by atoms with Crippen molar-refractivity contribution >= 4 is 23.3 Å². The quantitative estimate of drug-likeness (QED) is 0.520. The van der Waals surface area contributed by atoms with Crippen LogP contribution in [0, 0.1) is 6.92 Å². The smallest absolute Gasteiger partial charge is 0.314 e. The molecule has 0 atom stereocenters. The fraction of sp³-hybridized carbons (Fsp3) is 0.444. The molecule has 1 fully saturated rings. The Hall–Kier alpha value is -1.23. The van der Waals surface area contributed by atoms with Crippen molar-refractivity contribution in [2.45, 2.75) is 25.7 Å². The fourth-order valence-electron chi connectivity index (χ4n) is 1.57. The Bertz CT molecular complexity index is 369. The summed E-state index contributed by atoms with van der Waals surface area (Å²) in [4.78, 5) is 27.2. The van der Waals surface area contributed by atoms with Gasteiger partial charge in [0.15, 0.2) is 0 Å². The van der Waals surface area contributed by atoms with E-state index in [2.05, 4.69) is 9.72 Å². The van der Waals surface area contributed by atoms with Crippen LogP contribution < -0.4 is 0 Å². The van der Waals surface area contributed by atoms with Crippen LogP contribution in [-0.2, 0) is 14.3 Å². The van der Waals surface area contributed by atoms with Gasteiger partial charge in [-0.05, 0) is 6.92 Å². The molecule has 0 spiro atoms. The Balaban J connectivity index is 2.23. The Morgan fingerprint density at radius 3 is 2.57 bits per heavy atom. The third-order valence-corrected chi connectivity index (χ3v) is 3.30. The third kappa shape index (κ3) is 1.68. The summed E-state index contributed by atoms with van der Waals surface area (Å²) in [6.45, 7) is 1.89. The predicted octanol–water partition coefficient (Wildman–Crippen LogP) is 1.40. The van der Waals surface area contributed by atoms with Gasteiger partial charge in [0, 0.05) is 10.8 Å². The summed E-state index contributed by atoms with van der Waals surface area (Å²) in [5, 5.41) is 0. The average Bonchev–Trinajstić information content (AvgIpc) is 2.49. The zero-order chi connectivity index (χ0) is 10.1. The molecule has 0 N–H and O–H groups in total. The van der Waals surface area contributed by atoms with Gasteiger partial charge in [-0.25, -0.2) is 4.98 Å². The van der Waals surface area contributed by atoms with Crippen molar-refractivity contribution in [1.82, 2.24) is 4.98 Å². The number of aryl methyl sites for hydroxylation is 1. The van der Waals surface area contributed by atoms with Gasteiger partial charge in [0.2, 0.25) is 0 Å². The second kappa shape index (κ2) is 3.49. The first-order valence-corrected chi connectivity index (χ1v) is 5.18. The van der Waals surface area contributed by atoms with E-state index in [1.165, 1.54) is 11.3 Å². The van der Waals surface area contributed by atoms with Gasteiger partial charge >= 0.3 is 11.9 Å². The summed E-state index contributed by atoms with van der Waals surface area (Å²) in [5.74, 6) is -0.894. The second-order valence-corrected chi connectivity index (χ2v) is 4.14. The number of rotatable bonds is 1. The standard InChI is InChI=1S/C9H9NO3S/c1-5-9(14-4-10-5)6-2-7(11)13-8(12)3-6/h4,6H,2-3H2,1H3. The molecule has 4 nitrogen and oxygen atoms in total. The van der Waals surface area contributed by atoms with E-state index in [0.29, 0.717) is 0 Å². The number of aromatic nitrogens is 1. The second-order valence-electron chi connectivity index (χ2n) is 3.25. The SMILES string of the molecule is Cc1ncsc1C1CC(=O)OC(=O)C1. The first-order valence-electron chi connectivity index (χ1n) is 4.30. The van der Waals surface area contributed by atoms with Gasteiger partial charge in [-0.3, -0.25) is 9.59 Å². The largest absolute Gasteiger partial charge is 0.393 e. The van der Waals surface area contributed by atoms with E-state index < -0.39 is 11.9 Å². The summed E-state index contributed by atoms with van der Waals surface area (Å²) in [6, 6.07) is 0. The lowest BCUT2D eigenvalue weighted by Gasteiger charge is -2.18. The predicted molar refractivity (Wildman–Crippen MR) is 49.9 cm³/mol. The molecule has 74 valence electrons. The molecule has 1 aromatic rings. The minimum absolute atomic E-state index is 0.0313. The van der Waals surface area contributed by atoms with Crippen molar-refractivity contribution < 1.29 is 14.3 Å². The van der Waals surface area contributed by atoms with Crippen LogP contribution in [0.5, 0.6) is 0 Å². The molecular weight excluding hydrogens is 202 g/mol. The molecule has 0 aromatic carbocycles. The molecule has 1 aliphatic rings. The van der Waals surface area contributed by atoms with Gasteiger partial charge in [-0.1, -0.05) is 0 Å². The van der Waals surface area contributed by atoms with Crippen molar-refractivity contribution in [3.05, 3.63) is 16.1 Å². The van der Waals surface area contributed by atoms with E-state index in [-0.39, 0.29) is 18.8 Å². The highest BCUT2D eigenvalue weighted by Crippen LogP contribution is 2.32. The molecule has 2 rings (SSSR count). The van der Waals surface area contributed by atoms with Gasteiger partial charge in [0.1, 0.15) is 0 Å². The maximum atomic E-state index is 11.0. The molecule has 1 aliphatic heterocycles. The number of nitrogens with zero attached hydrogens (tertiary/aromatic N) is 1. The van der Waals surface area contributed by atoms with Crippen molar-refractivity contribution in [3.63, 3.8) is 0 Å². The van der Waals surface area contributed by atoms with Crippen molar-refractivity contribution in [2.75, 3.05) is 0 Å². The summed E-state index contributed by atoms with van der Waals surface area (Å²) in [6.07, 6.45) is 0.573. The first-order chi connectivity index (χ1) is 6.66. The Kier molecular flexibility index (Phi) is 2.33. The summed E-state index contributed by atoms with van der Waals surface area (Å²) < 4.78 is 4.46. The van der Waals surface area contributed by atoms with Crippen LogP contribution in [0.2, 0.25) is 0 Å². The minimum atomic E-state index is -0.431. The highest BCUT2D eigenvalue weighted by Gasteiger charge is 2.30. The maximum absolute atomic E-state index is 11.0. The molecule has 2 heterocycles. The van der Waals surface area contributed by atoms with Crippen LogP contribution in [0.15, 0.2) is 5.51 Å². The fourth-order valence-corrected chi connectivity index (χ4v) is 2.48. The van der Waals surface area contributed by atoms with Gasteiger partial charge < -0.3 is 4.74 Å². The number of cyclic esters (lactones) is 2. The number of carbonyl (C=O) groups excluding carboxylic acids is 2. The monoisotopic (exact) mass is 211 g/mol. The molecule has 0 bridgehead atoms.